The third-order valence-electron chi connectivity index (χ3n) is 3.67. The minimum Gasteiger partial charge on any atom is -0.545 e. The van der Waals surface area contributed by atoms with Crippen LogP contribution in [0, 0.1) is 0 Å². The molecule has 0 aliphatic rings. The molecule has 0 N–H and O–H groups in total. The standard InChI is InChI=1S/C19H12ClF3N2O2S/c20-14-6-4-12(5-7-14)15-9-16(19(21,22)23)25-18(24-15)28-10-11-2-1-3-13(8-11)17(26)27/h1-9H,10H2,(H,26,27)/p-1. The Morgan fingerprint density at radius 3 is 2.43 bits per heavy atom. The molecule has 2 aromatic carbocycles. The van der Waals surface area contributed by atoms with Crippen molar-refractivity contribution >= 4 is 29.3 Å². The molecule has 0 unspecified atom stereocenters. The molecule has 0 spiro atoms. The third kappa shape index (κ3) is 5.02. The maximum atomic E-state index is 13.2. The lowest BCUT2D eigenvalue weighted by Gasteiger charge is -2.11. The number of carboxylic acids is 1. The van der Waals surface area contributed by atoms with Gasteiger partial charge in [-0.3, -0.25) is 0 Å². The van der Waals surface area contributed by atoms with Crippen LogP contribution in [-0.2, 0) is 11.9 Å². The second kappa shape index (κ2) is 8.20. The first kappa shape index (κ1) is 20.2. The second-order valence-electron chi connectivity index (χ2n) is 5.70. The lowest BCUT2D eigenvalue weighted by atomic mass is 10.1. The number of rotatable bonds is 5. The van der Waals surface area contributed by atoms with Crippen molar-refractivity contribution in [1.29, 1.82) is 0 Å². The average molecular weight is 424 g/mol. The number of aromatic carboxylic acids is 1. The Bertz CT molecular complexity index is 1010. The highest BCUT2D eigenvalue weighted by molar-refractivity contribution is 7.98. The van der Waals surface area contributed by atoms with E-state index in [1.54, 1.807) is 30.3 Å². The van der Waals surface area contributed by atoms with Crippen molar-refractivity contribution in [3.63, 3.8) is 0 Å². The minimum atomic E-state index is -4.63. The fraction of sp³-hybridized carbons (Fsp3) is 0.105. The van der Waals surface area contributed by atoms with E-state index in [1.165, 1.54) is 18.2 Å². The molecule has 1 heterocycles. The number of benzene rings is 2. The van der Waals surface area contributed by atoms with Crippen molar-refractivity contribution in [3.05, 3.63) is 76.4 Å². The van der Waals surface area contributed by atoms with Crippen molar-refractivity contribution in [3.8, 4) is 11.3 Å². The van der Waals surface area contributed by atoms with Crippen LogP contribution in [0.15, 0.2) is 59.8 Å². The van der Waals surface area contributed by atoms with Gasteiger partial charge in [0.05, 0.1) is 11.7 Å². The van der Waals surface area contributed by atoms with Crippen molar-refractivity contribution in [2.24, 2.45) is 0 Å². The summed E-state index contributed by atoms with van der Waals surface area (Å²) in [5.74, 6) is -1.13. The molecular weight excluding hydrogens is 413 g/mol. The largest absolute Gasteiger partial charge is 0.545 e. The second-order valence-corrected chi connectivity index (χ2v) is 7.08. The topological polar surface area (TPSA) is 65.9 Å². The molecule has 0 saturated carbocycles. The van der Waals surface area contributed by atoms with Crippen molar-refractivity contribution in [2.75, 3.05) is 0 Å². The number of hydrogen-bond acceptors (Lipinski definition) is 5. The number of aromatic nitrogens is 2. The molecule has 4 nitrogen and oxygen atoms in total. The molecule has 0 atom stereocenters. The highest BCUT2D eigenvalue weighted by Gasteiger charge is 2.33. The number of carbonyl (C=O) groups excluding carboxylic acids is 1. The Hall–Kier alpha value is -2.58. The predicted octanol–water partition coefficient (Wildman–Crippen LogP) is 4.47. The highest BCUT2D eigenvalue weighted by atomic mass is 35.5. The van der Waals surface area contributed by atoms with Gasteiger partial charge in [0.15, 0.2) is 5.16 Å². The van der Waals surface area contributed by atoms with Gasteiger partial charge in [-0.15, -0.1) is 0 Å². The first-order valence-corrected chi connectivity index (χ1v) is 9.24. The van der Waals surface area contributed by atoms with Crippen LogP contribution in [0.25, 0.3) is 11.3 Å². The lowest BCUT2D eigenvalue weighted by molar-refractivity contribution is -0.255. The normalized spacial score (nSPS) is 11.4. The number of nitrogens with zero attached hydrogens (tertiary/aromatic N) is 2. The summed E-state index contributed by atoms with van der Waals surface area (Å²) in [6.45, 7) is 0. The number of halogens is 4. The van der Waals surface area contributed by atoms with Gasteiger partial charge in [-0.1, -0.05) is 53.7 Å². The van der Waals surface area contributed by atoms with Crippen LogP contribution in [-0.4, -0.2) is 15.9 Å². The summed E-state index contributed by atoms with van der Waals surface area (Å²) in [7, 11) is 0. The molecule has 0 aliphatic heterocycles. The fourth-order valence-corrected chi connectivity index (χ4v) is 3.27. The summed E-state index contributed by atoms with van der Waals surface area (Å²) >= 11 is 6.80. The van der Waals surface area contributed by atoms with Gasteiger partial charge >= 0.3 is 6.18 Å². The van der Waals surface area contributed by atoms with E-state index in [9.17, 15) is 23.1 Å². The van der Waals surface area contributed by atoms with Gasteiger partial charge in [0.1, 0.15) is 5.69 Å². The van der Waals surface area contributed by atoms with Crippen LogP contribution in [0.5, 0.6) is 0 Å². The maximum Gasteiger partial charge on any atom is 0.433 e. The first-order valence-electron chi connectivity index (χ1n) is 7.88. The molecule has 0 saturated heterocycles. The van der Waals surface area contributed by atoms with Gasteiger partial charge in [-0.25, -0.2) is 9.97 Å². The molecule has 1 aromatic heterocycles. The van der Waals surface area contributed by atoms with E-state index in [0.29, 0.717) is 16.1 Å². The van der Waals surface area contributed by atoms with E-state index in [1.807, 2.05) is 0 Å². The van der Waals surface area contributed by atoms with E-state index in [2.05, 4.69) is 9.97 Å². The number of thioether (sulfide) groups is 1. The number of alkyl halides is 3. The van der Waals surface area contributed by atoms with Crippen LogP contribution >= 0.6 is 23.4 Å². The van der Waals surface area contributed by atoms with Crippen LogP contribution < -0.4 is 5.11 Å². The van der Waals surface area contributed by atoms with Crippen LogP contribution in [0.1, 0.15) is 21.6 Å². The van der Waals surface area contributed by atoms with Gasteiger partial charge in [0.25, 0.3) is 0 Å². The molecule has 0 radical (unpaired) electrons. The summed E-state index contributed by atoms with van der Waals surface area (Å²) in [6, 6.07) is 13.1. The Balaban J connectivity index is 1.91. The summed E-state index contributed by atoms with van der Waals surface area (Å²) in [5, 5.41) is 11.3. The zero-order chi connectivity index (χ0) is 20.3. The van der Waals surface area contributed by atoms with Gasteiger partial charge in [-0.2, -0.15) is 13.2 Å². The van der Waals surface area contributed by atoms with Gasteiger partial charge < -0.3 is 9.90 Å². The van der Waals surface area contributed by atoms with Gasteiger partial charge in [-0.05, 0) is 35.4 Å². The lowest BCUT2D eigenvalue weighted by Crippen LogP contribution is -2.22. The molecule has 0 amide bonds. The Kier molecular flexibility index (Phi) is 5.90. The number of carboxylic acid groups (broad SMARTS) is 1. The molecule has 0 aliphatic carbocycles. The Morgan fingerprint density at radius 2 is 1.79 bits per heavy atom. The van der Waals surface area contributed by atoms with Crippen molar-refractivity contribution < 1.29 is 23.1 Å². The number of hydrogen-bond donors (Lipinski definition) is 0. The molecular formula is C19H11ClF3N2O2S-. The SMILES string of the molecule is O=C([O-])c1cccc(CSc2nc(-c3ccc(Cl)cc3)cc(C(F)(F)F)n2)c1. The van der Waals surface area contributed by atoms with Gasteiger partial charge in [0, 0.05) is 16.3 Å². The smallest absolute Gasteiger partial charge is 0.433 e. The number of carbonyl (C=O) groups is 1. The van der Waals surface area contributed by atoms with E-state index in [4.69, 9.17) is 11.6 Å². The summed E-state index contributed by atoms with van der Waals surface area (Å²) in [6.07, 6.45) is -4.63. The monoisotopic (exact) mass is 423 g/mol. The average Bonchev–Trinajstić information content (AvgIpc) is 2.66. The zero-order valence-electron chi connectivity index (χ0n) is 14.0. The minimum absolute atomic E-state index is 0.00934. The maximum absolute atomic E-state index is 13.2. The molecule has 3 rings (SSSR count). The van der Waals surface area contributed by atoms with E-state index < -0.39 is 17.8 Å². The third-order valence-corrected chi connectivity index (χ3v) is 4.84. The van der Waals surface area contributed by atoms with E-state index >= 15 is 0 Å². The van der Waals surface area contributed by atoms with Gasteiger partial charge in [0.2, 0.25) is 0 Å². The van der Waals surface area contributed by atoms with E-state index in [-0.39, 0.29) is 22.2 Å². The molecule has 9 heteroatoms. The van der Waals surface area contributed by atoms with Crippen LogP contribution in [0.2, 0.25) is 5.02 Å². The Morgan fingerprint density at radius 1 is 1.07 bits per heavy atom. The van der Waals surface area contributed by atoms with Crippen molar-refractivity contribution in [1.82, 2.24) is 9.97 Å². The first-order chi connectivity index (χ1) is 13.2. The van der Waals surface area contributed by atoms with Crippen LogP contribution in [0.3, 0.4) is 0 Å². The quantitative estimate of drug-likeness (QED) is 0.447. The summed E-state index contributed by atoms with van der Waals surface area (Å²) in [5.41, 5.74) is 0.118. The Labute approximate surface area is 167 Å². The van der Waals surface area contributed by atoms with Crippen molar-refractivity contribution in [2.45, 2.75) is 17.1 Å². The summed E-state index contributed by atoms with van der Waals surface area (Å²) < 4.78 is 39.7. The van der Waals surface area contributed by atoms with Crippen LogP contribution in [0.4, 0.5) is 13.2 Å². The fourth-order valence-electron chi connectivity index (χ4n) is 2.34. The molecule has 0 bridgehead atoms. The molecule has 3 aromatic rings. The molecule has 0 fully saturated rings. The summed E-state index contributed by atoms with van der Waals surface area (Å²) in [4.78, 5) is 18.7. The zero-order valence-corrected chi connectivity index (χ0v) is 15.6. The highest BCUT2D eigenvalue weighted by Crippen LogP contribution is 2.33. The molecule has 144 valence electrons. The predicted molar refractivity (Wildman–Crippen MR) is 97.8 cm³/mol. The molecule has 28 heavy (non-hydrogen) atoms. The van der Waals surface area contributed by atoms with E-state index in [0.717, 1.165) is 17.8 Å².